The van der Waals surface area contributed by atoms with Gasteiger partial charge >= 0.3 is 5.97 Å². The van der Waals surface area contributed by atoms with E-state index in [1.54, 1.807) is 0 Å². The van der Waals surface area contributed by atoms with Crippen LogP contribution in [0.25, 0.3) is 0 Å². The summed E-state index contributed by atoms with van der Waals surface area (Å²) in [5.74, 6) is -0.858. The van der Waals surface area contributed by atoms with Gasteiger partial charge < -0.3 is 21.7 Å². The number of carboxylic acids is 1. The van der Waals surface area contributed by atoms with Crippen LogP contribution in [-0.4, -0.2) is 41.2 Å². The summed E-state index contributed by atoms with van der Waals surface area (Å²) in [7, 11) is 0. The van der Waals surface area contributed by atoms with Gasteiger partial charge in [0.25, 0.3) is 0 Å². The molecule has 0 aliphatic carbocycles. The maximum Gasteiger partial charge on any atom is 0.320 e. The third-order valence-corrected chi connectivity index (χ3v) is 1.47. The molecule has 0 aliphatic heterocycles. The number of amidine groups is 1. The van der Waals surface area contributed by atoms with Crippen molar-refractivity contribution in [2.75, 3.05) is 13.2 Å². The van der Waals surface area contributed by atoms with Crippen LogP contribution in [0.4, 0.5) is 0 Å². The Bertz CT molecular complexity index is 193. The van der Waals surface area contributed by atoms with E-state index in [9.17, 15) is 4.79 Å². The number of aliphatic hydroxyl groups excluding tert-OH is 1. The summed E-state index contributed by atoms with van der Waals surface area (Å²) in [6, 6.07) is -0.842. The fourth-order valence-electron chi connectivity index (χ4n) is 0.707. The summed E-state index contributed by atoms with van der Waals surface area (Å²) >= 11 is 0. The van der Waals surface area contributed by atoms with Crippen LogP contribution in [0.1, 0.15) is 12.8 Å². The SMILES string of the molecule is NC(CO)=NCCCC(N)C(=O)O. The predicted molar refractivity (Wildman–Crippen MR) is 48.4 cm³/mol. The predicted octanol–water partition coefficient (Wildman–Crippen LogP) is -1.47. The molecule has 0 aromatic carbocycles. The number of aliphatic hydroxyl groups is 1. The van der Waals surface area contributed by atoms with Crippen LogP contribution < -0.4 is 11.5 Å². The third-order valence-electron chi connectivity index (χ3n) is 1.47. The Labute approximate surface area is 76.3 Å². The average molecular weight is 189 g/mol. The Morgan fingerprint density at radius 1 is 1.54 bits per heavy atom. The summed E-state index contributed by atoms with van der Waals surface area (Å²) < 4.78 is 0. The zero-order valence-corrected chi connectivity index (χ0v) is 7.31. The highest BCUT2D eigenvalue weighted by molar-refractivity contribution is 5.81. The molecule has 0 rings (SSSR count). The van der Waals surface area contributed by atoms with E-state index in [0.29, 0.717) is 19.4 Å². The second-order valence-electron chi connectivity index (χ2n) is 2.62. The van der Waals surface area contributed by atoms with Gasteiger partial charge in [-0.1, -0.05) is 0 Å². The van der Waals surface area contributed by atoms with Gasteiger partial charge in [-0.2, -0.15) is 0 Å². The zero-order valence-electron chi connectivity index (χ0n) is 7.31. The summed E-state index contributed by atoms with van der Waals surface area (Å²) in [5.41, 5.74) is 10.4. The van der Waals surface area contributed by atoms with Gasteiger partial charge in [0.1, 0.15) is 18.5 Å². The van der Waals surface area contributed by atoms with Crippen LogP contribution >= 0.6 is 0 Å². The molecular formula is C7H15N3O3. The van der Waals surface area contributed by atoms with Gasteiger partial charge in [-0.25, -0.2) is 0 Å². The molecule has 0 heterocycles. The highest BCUT2D eigenvalue weighted by Crippen LogP contribution is 1.94. The van der Waals surface area contributed by atoms with Gasteiger partial charge in [0.15, 0.2) is 0 Å². The lowest BCUT2D eigenvalue weighted by Gasteiger charge is -2.03. The van der Waals surface area contributed by atoms with E-state index >= 15 is 0 Å². The van der Waals surface area contributed by atoms with Gasteiger partial charge in [-0.3, -0.25) is 9.79 Å². The molecule has 76 valence electrons. The highest BCUT2D eigenvalue weighted by atomic mass is 16.4. The number of aliphatic imine (C=N–C) groups is 1. The van der Waals surface area contributed by atoms with Gasteiger partial charge in [0.2, 0.25) is 0 Å². The van der Waals surface area contributed by atoms with Crippen LogP contribution in [-0.2, 0) is 4.79 Å². The minimum Gasteiger partial charge on any atom is -0.480 e. The molecule has 0 spiro atoms. The number of hydrogen-bond donors (Lipinski definition) is 4. The van der Waals surface area contributed by atoms with Crippen molar-refractivity contribution in [1.29, 1.82) is 0 Å². The number of aliphatic carboxylic acids is 1. The van der Waals surface area contributed by atoms with E-state index in [0.717, 1.165) is 0 Å². The minimum absolute atomic E-state index is 0.156. The summed E-state index contributed by atoms with van der Waals surface area (Å²) in [5, 5.41) is 16.9. The fourth-order valence-corrected chi connectivity index (χ4v) is 0.707. The molecule has 0 saturated heterocycles. The zero-order chi connectivity index (χ0) is 10.3. The number of rotatable bonds is 6. The molecular weight excluding hydrogens is 174 g/mol. The van der Waals surface area contributed by atoms with Crippen LogP contribution in [0.15, 0.2) is 4.99 Å². The van der Waals surface area contributed by atoms with Crippen LogP contribution in [0, 0.1) is 0 Å². The van der Waals surface area contributed by atoms with Crippen molar-refractivity contribution in [1.82, 2.24) is 0 Å². The van der Waals surface area contributed by atoms with E-state index in [4.69, 9.17) is 21.7 Å². The first-order valence-corrected chi connectivity index (χ1v) is 3.96. The van der Waals surface area contributed by atoms with Crippen molar-refractivity contribution in [3.63, 3.8) is 0 Å². The topological polar surface area (TPSA) is 122 Å². The molecule has 0 amide bonds. The monoisotopic (exact) mass is 189 g/mol. The van der Waals surface area contributed by atoms with E-state index in [2.05, 4.69) is 4.99 Å². The molecule has 13 heavy (non-hydrogen) atoms. The number of nitrogens with zero attached hydrogens (tertiary/aromatic N) is 1. The molecule has 0 fully saturated rings. The number of hydrogen-bond acceptors (Lipinski definition) is 4. The van der Waals surface area contributed by atoms with Crippen LogP contribution in [0.5, 0.6) is 0 Å². The van der Waals surface area contributed by atoms with Crippen LogP contribution in [0.3, 0.4) is 0 Å². The quantitative estimate of drug-likeness (QED) is 0.231. The molecule has 0 radical (unpaired) electrons. The summed E-state index contributed by atoms with van der Waals surface area (Å²) in [4.78, 5) is 14.0. The second-order valence-corrected chi connectivity index (χ2v) is 2.62. The highest BCUT2D eigenvalue weighted by Gasteiger charge is 2.09. The van der Waals surface area contributed by atoms with E-state index < -0.39 is 12.0 Å². The Balaban J connectivity index is 3.51. The summed E-state index contributed by atoms with van der Waals surface area (Å²) in [6.45, 7) is 0.123. The van der Waals surface area contributed by atoms with Crippen molar-refractivity contribution in [3.8, 4) is 0 Å². The first-order valence-electron chi connectivity index (χ1n) is 3.96. The number of carbonyl (C=O) groups is 1. The fraction of sp³-hybridized carbons (Fsp3) is 0.714. The third kappa shape index (κ3) is 6.06. The van der Waals surface area contributed by atoms with E-state index in [-0.39, 0.29) is 12.4 Å². The van der Waals surface area contributed by atoms with Gasteiger partial charge in [-0.05, 0) is 12.8 Å². The van der Waals surface area contributed by atoms with Crippen molar-refractivity contribution < 1.29 is 15.0 Å². The molecule has 0 saturated carbocycles. The van der Waals surface area contributed by atoms with Crippen molar-refractivity contribution in [2.45, 2.75) is 18.9 Å². The molecule has 0 bridgehead atoms. The first kappa shape index (κ1) is 11.9. The number of carboxylic acid groups (broad SMARTS) is 1. The van der Waals surface area contributed by atoms with E-state index in [1.807, 2.05) is 0 Å². The largest absolute Gasteiger partial charge is 0.480 e. The molecule has 1 unspecified atom stereocenters. The van der Waals surface area contributed by atoms with Crippen molar-refractivity contribution >= 4 is 11.8 Å². The maximum absolute atomic E-state index is 10.3. The normalized spacial score (nSPS) is 14.2. The molecule has 6 N–H and O–H groups in total. The van der Waals surface area contributed by atoms with Gasteiger partial charge in [-0.15, -0.1) is 0 Å². The molecule has 0 aromatic rings. The minimum atomic E-state index is -1.01. The Morgan fingerprint density at radius 2 is 2.15 bits per heavy atom. The van der Waals surface area contributed by atoms with Crippen molar-refractivity contribution in [2.24, 2.45) is 16.5 Å². The maximum atomic E-state index is 10.3. The van der Waals surface area contributed by atoms with Crippen molar-refractivity contribution in [3.05, 3.63) is 0 Å². The Kier molecular flexibility index (Phi) is 5.82. The molecule has 6 heteroatoms. The first-order chi connectivity index (χ1) is 6.07. The van der Waals surface area contributed by atoms with Gasteiger partial charge in [0.05, 0.1) is 0 Å². The molecule has 1 atom stereocenters. The Hall–Kier alpha value is -1.14. The van der Waals surface area contributed by atoms with Gasteiger partial charge in [0, 0.05) is 6.54 Å². The molecule has 6 nitrogen and oxygen atoms in total. The van der Waals surface area contributed by atoms with E-state index in [1.165, 1.54) is 0 Å². The second kappa shape index (κ2) is 6.38. The number of nitrogens with two attached hydrogens (primary N) is 2. The average Bonchev–Trinajstić information content (AvgIpc) is 2.11. The lowest BCUT2D eigenvalue weighted by Crippen LogP contribution is -2.30. The molecule has 0 aliphatic rings. The summed E-state index contributed by atoms with van der Waals surface area (Å²) in [6.07, 6.45) is 0.908. The van der Waals surface area contributed by atoms with Crippen LogP contribution in [0.2, 0.25) is 0 Å². The Morgan fingerprint density at radius 3 is 2.62 bits per heavy atom. The smallest absolute Gasteiger partial charge is 0.320 e. The standard InChI is InChI=1S/C7H15N3O3/c8-5(7(12)13)2-1-3-10-6(9)4-11/h5,11H,1-4,8H2,(H2,9,10)(H,12,13). The molecule has 0 aromatic heterocycles. The lowest BCUT2D eigenvalue weighted by atomic mass is 10.2. The lowest BCUT2D eigenvalue weighted by molar-refractivity contribution is -0.138.